The molecule has 0 aromatic heterocycles. The minimum absolute atomic E-state index is 0.458. The Hall–Kier alpha value is -1.31. The number of hydrogen-bond acceptors (Lipinski definition) is 2. The molecular weight excluding hydrogens is 150 g/mol. The van der Waals surface area contributed by atoms with E-state index in [1.54, 1.807) is 0 Å². The zero-order valence-electron chi connectivity index (χ0n) is 7.36. The lowest BCUT2D eigenvalue weighted by Gasteiger charge is -2.07. The summed E-state index contributed by atoms with van der Waals surface area (Å²) in [5.41, 5.74) is 2.19. The van der Waals surface area contributed by atoms with E-state index in [0.29, 0.717) is 5.92 Å². The SMILES string of the molecule is CC(C)c1ccccc1C=NO. The standard InChI is InChI=1S/C10H13NO/c1-8(2)10-6-4-3-5-9(10)7-11-12/h3-8,12H,1-2H3. The van der Waals surface area contributed by atoms with Gasteiger partial charge in [-0.1, -0.05) is 43.3 Å². The molecule has 0 saturated carbocycles. The summed E-state index contributed by atoms with van der Waals surface area (Å²) in [6.45, 7) is 4.23. The maximum absolute atomic E-state index is 8.40. The van der Waals surface area contributed by atoms with Gasteiger partial charge in [-0.15, -0.1) is 0 Å². The van der Waals surface area contributed by atoms with Crippen LogP contribution in [-0.4, -0.2) is 11.4 Å². The van der Waals surface area contributed by atoms with Gasteiger partial charge in [-0.05, 0) is 17.0 Å². The van der Waals surface area contributed by atoms with Crippen molar-refractivity contribution in [1.29, 1.82) is 0 Å². The summed E-state index contributed by atoms with van der Waals surface area (Å²) < 4.78 is 0. The monoisotopic (exact) mass is 163 g/mol. The molecule has 0 heterocycles. The van der Waals surface area contributed by atoms with Crippen LogP contribution < -0.4 is 0 Å². The summed E-state index contributed by atoms with van der Waals surface area (Å²) >= 11 is 0. The molecular formula is C10H13NO. The molecule has 0 bridgehead atoms. The quantitative estimate of drug-likeness (QED) is 0.405. The lowest BCUT2D eigenvalue weighted by molar-refractivity contribution is 0.322. The lowest BCUT2D eigenvalue weighted by atomic mass is 9.98. The van der Waals surface area contributed by atoms with Crippen molar-refractivity contribution in [3.63, 3.8) is 0 Å². The maximum Gasteiger partial charge on any atom is 0.0736 e. The normalized spacial score (nSPS) is 11.2. The average Bonchev–Trinajstić information content (AvgIpc) is 2.05. The summed E-state index contributed by atoms with van der Waals surface area (Å²) in [7, 11) is 0. The molecule has 0 fully saturated rings. The van der Waals surface area contributed by atoms with E-state index in [1.807, 2.05) is 24.3 Å². The smallest absolute Gasteiger partial charge is 0.0736 e. The predicted octanol–water partition coefficient (Wildman–Crippen LogP) is 2.62. The second-order valence-corrected chi connectivity index (χ2v) is 3.03. The third-order valence-electron chi connectivity index (χ3n) is 1.81. The molecule has 1 rings (SSSR count). The molecule has 0 radical (unpaired) electrons. The first-order valence-electron chi connectivity index (χ1n) is 4.02. The lowest BCUT2D eigenvalue weighted by Crippen LogP contribution is -1.94. The molecule has 0 saturated heterocycles. The van der Waals surface area contributed by atoms with E-state index >= 15 is 0 Å². The number of benzene rings is 1. The Labute approximate surface area is 72.5 Å². The van der Waals surface area contributed by atoms with Crippen LogP contribution in [0.3, 0.4) is 0 Å². The van der Waals surface area contributed by atoms with Crippen molar-refractivity contribution < 1.29 is 5.21 Å². The van der Waals surface area contributed by atoms with Gasteiger partial charge in [0.15, 0.2) is 0 Å². The van der Waals surface area contributed by atoms with E-state index in [4.69, 9.17) is 5.21 Å². The van der Waals surface area contributed by atoms with Gasteiger partial charge in [-0.25, -0.2) is 0 Å². The number of oxime groups is 1. The third-order valence-corrected chi connectivity index (χ3v) is 1.81. The molecule has 0 aliphatic heterocycles. The van der Waals surface area contributed by atoms with Gasteiger partial charge in [0.05, 0.1) is 6.21 Å². The first-order chi connectivity index (χ1) is 5.75. The highest BCUT2D eigenvalue weighted by atomic mass is 16.4. The second kappa shape index (κ2) is 3.90. The van der Waals surface area contributed by atoms with Crippen LogP contribution in [0.15, 0.2) is 29.4 Å². The number of hydrogen-bond donors (Lipinski definition) is 1. The first kappa shape index (κ1) is 8.78. The molecule has 0 aliphatic carbocycles. The minimum atomic E-state index is 0.458. The van der Waals surface area contributed by atoms with Crippen molar-refractivity contribution in [2.45, 2.75) is 19.8 Å². The summed E-state index contributed by atoms with van der Waals surface area (Å²) in [6, 6.07) is 7.91. The van der Waals surface area contributed by atoms with Crippen LogP contribution in [0.1, 0.15) is 30.9 Å². The highest BCUT2D eigenvalue weighted by molar-refractivity contribution is 5.81. The highest BCUT2D eigenvalue weighted by Gasteiger charge is 2.02. The summed E-state index contributed by atoms with van der Waals surface area (Å²) in [5, 5.41) is 11.4. The van der Waals surface area contributed by atoms with E-state index in [0.717, 1.165) is 5.56 Å². The molecule has 1 aromatic rings. The maximum atomic E-state index is 8.40. The Balaban J connectivity index is 3.08. The molecule has 2 heteroatoms. The van der Waals surface area contributed by atoms with Crippen LogP contribution >= 0.6 is 0 Å². The molecule has 0 aliphatic rings. The highest BCUT2D eigenvalue weighted by Crippen LogP contribution is 2.17. The van der Waals surface area contributed by atoms with Gasteiger partial charge in [0.25, 0.3) is 0 Å². The summed E-state index contributed by atoms with van der Waals surface area (Å²) in [5.74, 6) is 0.458. The van der Waals surface area contributed by atoms with Crippen LogP contribution in [0, 0.1) is 0 Å². The summed E-state index contributed by atoms with van der Waals surface area (Å²) in [6.07, 6.45) is 1.47. The van der Waals surface area contributed by atoms with Crippen molar-refractivity contribution in [2.75, 3.05) is 0 Å². The van der Waals surface area contributed by atoms with E-state index in [-0.39, 0.29) is 0 Å². The van der Waals surface area contributed by atoms with Crippen molar-refractivity contribution in [3.8, 4) is 0 Å². The molecule has 64 valence electrons. The van der Waals surface area contributed by atoms with Crippen molar-refractivity contribution in [2.24, 2.45) is 5.16 Å². The molecule has 1 aromatic carbocycles. The Kier molecular flexibility index (Phi) is 2.86. The van der Waals surface area contributed by atoms with Gasteiger partial charge in [0.2, 0.25) is 0 Å². The van der Waals surface area contributed by atoms with E-state index < -0.39 is 0 Å². The molecule has 2 nitrogen and oxygen atoms in total. The predicted molar refractivity (Wildman–Crippen MR) is 49.9 cm³/mol. The second-order valence-electron chi connectivity index (χ2n) is 3.03. The third kappa shape index (κ3) is 1.84. The van der Waals surface area contributed by atoms with E-state index in [9.17, 15) is 0 Å². The van der Waals surface area contributed by atoms with Crippen molar-refractivity contribution in [1.82, 2.24) is 0 Å². The van der Waals surface area contributed by atoms with Gasteiger partial charge in [0.1, 0.15) is 0 Å². The Bertz CT molecular complexity index is 279. The number of nitrogens with zero attached hydrogens (tertiary/aromatic N) is 1. The first-order valence-corrected chi connectivity index (χ1v) is 4.02. The number of rotatable bonds is 2. The van der Waals surface area contributed by atoms with E-state index in [1.165, 1.54) is 11.8 Å². The van der Waals surface area contributed by atoms with Crippen LogP contribution in [-0.2, 0) is 0 Å². The Morgan fingerprint density at radius 2 is 2.00 bits per heavy atom. The van der Waals surface area contributed by atoms with E-state index in [2.05, 4.69) is 19.0 Å². The van der Waals surface area contributed by atoms with Gasteiger partial charge in [-0.3, -0.25) is 0 Å². The zero-order valence-corrected chi connectivity index (χ0v) is 7.36. The van der Waals surface area contributed by atoms with Crippen LogP contribution in [0.4, 0.5) is 0 Å². The van der Waals surface area contributed by atoms with Gasteiger partial charge in [0, 0.05) is 0 Å². The molecule has 0 atom stereocenters. The van der Waals surface area contributed by atoms with Crippen LogP contribution in [0.2, 0.25) is 0 Å². The molecule has 1 N–H and O–H groups in total. The van der Waals surface area contributed by atoms with Crippen LogP contribution in [0.25, 0.3) is 0 Å². The minimum Gasteiger partial charge on any atom is -0.411 e. The van der Waals surface area contributed by atoms with Gasteiger partial charge < -0.3 is 5.21 Å². The molecule has 0 unspecified atom stereocenters. The molecule has 0 spiro atoms. The fourth-order valence-corrected chi connectivity index (χ4v) is 1.22. The van der Waals surface area contributed by atoms with Gasteiger partial charge in [-0.2, -0.15) is 0 Å². The average molecular weight is 163 g/mol. The van der Waals surface area contributed by atoms with Crippen LogP contribution in [0.5, 0.6) is 0 Å². The van der Waals surface area contributed by atoms with Crippen molar-refractivity contribution >= 4 is 6.21 Å². The Morgan fingerprint density at radius 3 is 2.58 bits per heavy atom. The van der Waals surface area contributed by atoms with Crippen molar-refractivity contribution in [3.05, 3.63) is 35.4 Å². The summed E-state index contributed by atoms with van der Waals surface area (Å²) in [4.78, 5) is 0. The largest absolute Gasteiger partial charge is 0.411 e. The topological polar surface area (TPSA) is 32.6 Å². The Morgan fingerprint density at radius 1 is 1.33 bits per heavy atom. The fourth-order valence-electron chi connectivity index (χ4n) is 1.22. The zero-order chi connectivity index (χ0) is 8.97. The fraction of sp³-hybridized carbons (Fsp3) is 0.300. The molecule has 12 heavy (non-hydrogen) atoms. The molecule has 0 amide bonds. The van der Waals surface area contributed by atoms with Gasteiger partial charge >= 0.3 is 0 Å².